The first-order chi connectivity index (χ1) is 7.70. The van der Waals surface area contributed by atoms with E-state index < -0.39 is 5.91 Å². The lowest BCUT2D eigenvalue weighted by Crippen LogP contribution is -2.17. The number of amides is 1. The third-order valence-electron chi connectivity index (χ3n) is 2.25. The van der Waals surface area contributed by atoms with Gasteiger partial charge in [0, 0.05) is 17.5 Å². The highest BCUT2D eigenvalue weighted by Gasteiger charge is 2.16. The van der Waals surface area contributed by atoms with Crippen LogP contribution in [0.25, 0.3) is 5.57 Å². The SMILES string of the molecule is NC(=O)c1c(N)ccnc1C1=CCOC=C1. The normalized spacial score (nSPS) is 14.1. The Bertz CT molecular complexity index is 492. The topological polar surface area (TPSA) is 91.2 Å². The number of pyridine rings is 1. The van der Waals surface area contributed by atoms with E-state index in [0.717, 1.165) is 5.57 Å². The summed E-state index contributed by atoms with van der Waals surface area (Å²) in [4.78, 5) is 15.4. The minimum Gasteiger partial charge on any atom is -0.497 e. The fourth-order valence-corrected chi connectivity index (χ4v) is 1.51. The summed E-state index contributed by atoms with van der Waals surface area (Å²) >= 11 is 0. The standard InChI is InChI=1S/C11H11N3O2/c12-8-1-4-14-10(9(8)11(13)15)7-2-5-16-6-3-7/h1-5H,6H2,(H2,12,14)(H2,13,15). The molecule has 2 rings (SSSR count). The number of rotatable bonds is 2. The fraction of sp³-hybridized carbons (Fsp3) is 0.0909. The number of carbonyl (C=O) groups excluding carboxylic acids is 1. The molecule has 0 aliphatic carbocycles. The van der Waals surface area contributed by atoms with Gasteiger partial charge >= 0.3 is 0 Å². The molecule has 0 atom stereocenters. The van der Waals surface area contributed by atoms with Crippen LogP contribution in [0.4, 0.5) is 5.69 Å². The number of nitrogens with two attached hydrogens (primary N) is 2. The smallest absolute Gasteiger partial charge is 0.253 e. The van der Waals surface area contributed by atoms with Crippen LogP contribution in [0.2, 0.25) is 0 Å². The van der Waals surface area contributed by atoms with Gasteiger partial charge in [0.1, 0.15) is 6.61 Å². The molecule has 82 valence electrons. The van der Waals surface area contributed by atoms with Gasteiger partial charge in [0.15, 0.2) is 0 Å². The Morgan fingerprint density at radius 2 is 2.31 bits per heavy atom. The van der Waals surface area contributed by atoms with Gasteiger partial charge in [-0.2, -0.15) is 0 Å². The Kier molecular flexibility index (Phi) is 2.59. The highest BCUT2D eigenvalue weighted by Crippen LogP contribution is 2.23. The van der Waals surface area contributed by atoms with Crippen molar-refractivity contribution in [2.45, 2.75) is 0 Å². The lowest BCUT2D eigenvalue weighted by Gasteiger charge is -2.11. The Morgan fingerprint density at radius 1 is 1.50 bits per heavy atom. The first kappa shape index (κ1) is 10.2. The minimum absolute atomic E-state index is 0.250. The number of nitrogens with zero attached hydrogens (tertiary/aromatic N) is 1. The van der Waals surface area contributed by atoms with Crippen LogP contribution in [0.1, 0.15) is 16.1 Å². The molecule has 1 aliphatic rings. The third-order valence-corrected chi connectivity index (χ3v) is 2.25. The van der Waals surface area contributed by atoms with Crippen LogP contribution in [-0.2, 0) is 4.74 Å². The first-order valence-electron chi connectivity index (χ1n) is 4.73. The molecule has 5 nitrogen and oxygen atoms in total. The van der Waals surface area contributed by atoms with Gasteiger partial charge in [0.05, 0.1) is 17.5 Å². The summed E-state index contributed by atoms with van der Waals surface area (Å²) in [6, 6.07) is 1.55. The molecule has 4 N–H and O–H groups in total. The highest BCUT2D eigenvalue weighted by molar-refractivity contribution is 6.02. The van der Waals surface area contributed by atoms with Gasteiger partial charge in [0.2, 0.25) is 0 Å². The second-order valence-electron chi connectivity index (χ2n) is 3.28. The molecule has 16 heavy (non-hydrogen) atoms. The molecule has 0 radical (unpaired) electrons. The van der Waals surface area contributed by atoms with Crippen LogP contribution in [0, 0.1) is 0 Å². The summed E-state index contributed by atoms with van der Waals surface area (Å²) in [7, 11) is 0. The molecule has 0 aromatic carbocycles. The largest absolute Gasteiger partial charge is 0.497 e. The van der Waals surface area contributed by atoms with Gasteiger partial charge < -0.3 is 16.2 Å². The first-order valence-corrected chi connectivity index (χ1v) is 4.73. The number of hydrogen-bond donors (Lipinski definition) is 2. The van der Waals surface area contributed by atoms with Crippen LogP contribution < -0.4 is 11.5 Å². The maximum Gasteiger partial charge on any atom is 0.253 e. The van der Waals surface area contributed by atoms with Gasteiger partial charge in [-0.3, -0.25) is 9.78 Å². The van der Waals surface area contributed by atoms with Crippen molar-refractivity contribution in [1.82, 2.24) is 4.98 Å². The zero-order chi connectivity index (χ0) is 11.5. The number of ether oxygens (including phenoxy) is 1. The molecule has 1 aromatic heterocycles. The highest BCUT2D eigenvalue weighted by atomic mass is 16.5. The molecule has 2 heterocycles. The van der Waals surface area contributed by atoms with Crippen molar-refractivity contribution in [3.05, 3.63) is 41.9 Å². The van der Waals surface area contributed by atoms with E-state index in [9.17, 15) is 4.79 Å². The van der Waals surface area contributed by atoms with Crippen molar-refractivity contribution < 1.29 is 9.53 Å². The van der Waals surface area contributed by atoms with E-state index in [0.29, 0.717) is 18.0 Å². The molecule has 0 saturated heterocycles. The van der Waals surface area contributed by atoms with Gasteiger partial charge in [-0.1, -0.05) is 0 Å². The summed E-state index contributed by atoms with van der Waals surface area (Å²) in [6.07, 6.45) is 6.62. The molecule has 1 aromatic rings. The number of allylic oxidation sites excluding steroid dienone is 2. The number of aromatic nitrogens is 1. The summed E-state index contributed by atoms with van der Waals surface area (Å²) < 4.78 is 5.02. The number of primary amides is 1. The second kappa shape index (κ2) is 4.06. The van der Waals surface area contributed by atoms with E-state index in [2.05, 4.69) is 4.98 Å². The number of carbonyl (C=O) groups is 1. The molecule has 0 bridgehead atoms. The molecule has 0 unspecified atom stereocenters. The number of anilines is 1. The van der Waals surface area contributed by atoms with Crippen molar-refractivity contribution in [2.75, 3.05) is 12.3 Å². The van der Waals surface area contributed by atoms with E-state index in [1.807, 2.05) is 6.08 Å². The molecule has 1 aliphatic heterocycles. The summed E-state index contributed by atoms with van der Waals surface area (Å²) in [5.74, 6) is -0.582. The third kappa shape index (κ3) is 1.75. The van der Waals surface area contributed by atoms with E-state index in [4.69, 9.17) is 16.2 Å². The van der Waals surface area contributed by atoms with Crippen molar-refractivity contribution >= 4 is 17.2 Å². The van der Waals surface area contributed by atoms with E-state index in [1.54, 1.807) is 24.6 Å². The minimum atomic E-state index is -0.582. The van der Waals surface area contributed by atoms with Crippen LogP contribution in [0.15, 0.2) is 30.7 Å². The van der Waals surface area contributed by atoms with Crippen LogP contribution >= 0.6 is 0 Å². The second-order valence-corrected chi connectivity index (χ2v) is 3.28. The molecule has 0 fully saturated rings. The average Bonchev–Trinajstić information content (AvgIpc) is 2.29. The lowest BCUT2D eigenvalue weighted by atomic mass is 10.0. The number of hydrogen-bond acceptors (Lipinski definition) is 4. The van der Waals surface area contributed by atoms with Crippen LogP contribution in [-0.4, -0.2) is 17.5 Å². The summed E-state index contributed by atoms with van der Waals surface area (Å²) in [5, 5.41) is 0. The Morgan fingerprint density at radius 3 is 2.94 bits per heavy atom. The molecule has 5 heteroatoms. The zero-order valence-electron chi connectivity index (χ0n) is 8.51. The van der Waals surface area contributed by atoms with Gasteiger partial charge in [-0.05, 0) is 18.2 Å². The van der Waals surface area contributed by atoms with Gasteiger partial charge in [-0.25, -0.2) is 0 Å². The Balaban J connectivity index is 2.56. The number of nitrogen functional groups attached to an aromatic ring is 1. The van der Waals surface area contributed by atoms with Crippen LogP contribution in [0.3, 0.4) is 0 Å². The molecular formula is C11H11N3O2. The fourth-order valence-electron chi connectivity index (χ4n) is 1.51. The van der Waals surface area contributed by atoms with Crippen molar-refractivity contribution in [2.24, 2.45) is 5.73 Å². The van der Waals surface area contributed by atoms with Crippen LogP contribution in [0.5, 0.6) is 0 Å². The zero-order valence-corrected chi connectivity index (χ0v) is 8.51. The summed E-state index contributed by atoms with van der Waals surface area (Å²) in [5.41, 5.74) is 12.8. The van der Waals surface area contributed by atoms with Gasteiger partial charge in [-0.15, -0.1) is 0 Å². The molecule has 0 spiro atoms. The molecule has 0 saturated carbocycles. The Hall–Kier alpha value is -2.30. The monoisotopic (exact) mass is 217 g/mol. The maximum absolute atomic E-state index is 11.3. The Labute approximate surface area is 92.4 Å². The average molecular weight is 217 g/mol. The van der Waals surface area contributed by atoms with Crippen molar-refractivity contribution in [1.29, 1.82) is 0 Å². The summed E-state index contributed by atoms with van der Waals surface area (Å²) in [6.45, 7) is 0.445. The molecule has 1 amide bonds. The predicted molar refractivity (Wildman–Crippen MR) is 60.2 cm³/mol. The van der Waals surface area contributed by atoms with E-state index in [1.165, 1.54) is 0 Å². The van der Waals surface area contributed by atoms with Crippen molar-refractivity contribution in [3.63, 3.8) is 0 Å². The quantitative estimate of drug-likeness (QED) is 0.762. The lowest BCUT2D eigenvalue weighted by molar-refractivity contribution is 0.100. The van der Waals surface area contributed by atoms with E-state index >= 15 is 0 Å². The van der Waals surface area contributed by atoms with Gasteiger partial charge in [0.25, 0.3) is 5.91 Å². The van der Waals surface area contributed by atoms with E-state index in [-0.39, 0.29) is 5.56 Å². The molecular weight excluding hydrogens is 206 g/mol. The maximum atomic E-state index is 11.3. The predicted octanol–water partition coefficient (Wildman–Crippen LogP) is 0.690. The van der Waals surface area contributed by atoms with Crippen molar-refractivity contribution in [3.8, 4) is 0 Å².